The molecule has 0 saturated heterocycles. The minimum absolute atomic E-state index is 0.120. The highest BCUT2D eigenvalue weighted by molar-refractivity contribution is 6.36. The summed E-state index contributed by atoms with van der Waals surface area (Å²) in [6.07, 6.45) is 1.32. The second-order valence-corrected chi connectivity index (χ2v) is 4.81. The minimum atomic E-state index is -0.931. The number of aromatic nitrogens is 1. The first-order chi connectivity index (χ1) is 8.97. The molecule has 0 aliphatic carbocycles. The van der Waals surface area contributed by atoms with Gasteiger partial charge in [-0.25, -0.2) is 4.98 Å². The smallest absolute Gasteiger partial charge is 0.307 e. The van der Waals surface area contributed by atoms with E-state index in [1.165, 1.54) is 6.20 Å². The zero-order valence-electron chi connectivity index (χ0n) is 9.73. The van der Waals surface area contributed by atoms with Gasteiger partial charge in [0.15, 0.2) is 0 Å². The third kappa shape index (κ3) is 3.16. The Morgan fingerprint density at radius 3 is 2.63 bits per heavy atom. The first kappa shape index (κ1) is 13.6. The number of carboxylic acids is 1. The zero-order valence-corrected chi connectivity index (χ0v) is 11.2. The maximum absolute atomic E-state index is 10.7. The Morgan fingerprint density at radius 1 is 1.26 bits per heavy atom. The summed E-state index contributed by atoms with van der Waals surface area (Å²) in [5.74, 6) is -0.641. The van der Waals surface area contributed by atoms with Gasteiger partial charge in [0.2, 0.25) is 0 Å². The molecule has 6 heteroatoms. The van der Waals surface area contributed by atoms with E-state index in [1.54, 1.807) is 24.3 Å². The Kier molecular flexibility index (Phi) is 3.93. The van der Waals surface area contributed by atoms with Crippen LogP contribution in [-0.2, 0) is 11.2 Å². The second-order valence-electron chi connectivity index (χ2n) is 3.97. The molecule has 98 valence electrons. The molecule has 0 atom stereocenters. The molecule has 1 heterocycles. The molecular weight excluding hydrogens is 287 g/mol. The molecule has 0 aliphatic rings. The van der Waals surface area contributed by atoms with E-state index in [2.05, 4.69) is 4.98 Å². The summed E-state index contributed by atoms with van der Waals surface area (Å²) in [5.41, 5.74) is 7.63. The number of anilines is 1. The molecule has 0 saturated carbocycles. The number of nitrogen functional groups attached to an aromatic ring is 1. The van der Waals surface area contributed by atoms with E-state index in [9.17, 15) is 4.79 Å². The summed E-state index contributed by atoms with van der Waals surface area (Å²) >= 11 is 11.9. The minimum Gasteiger partial charge on any atom is -0.481 e. The number of benzene rings is 1. The number of aliphatic carboxylic acids is 1. The second kappa shape index (κ2) is 5.47. The van der Waals surface area contributed by atoms with Gasteiger partial charge in [0, 0.05) is 22.3 Å². The molecule has 0 fully saturated rings. The van der Waals surface area contributed by atoms with Crippen LogP contribution in [0.3, 0.4) is 0 Å². The fourth-order valence-corrected chi connectivity index (χ4v) is 2.22. The van der Waals surface area contributed by atoms with E-state index < -0.39 is 5.97 Å². The lowest BCUT2D eigenvalue weighted by molar-refractivity contribution is -0.136. The van der Waals surface area contributed by atoms with Gasteiger partial charge in [-0.1, -0.05) is 29.3 Å². The maximum atomic E-state index is 10.7. The molecule has 2 rings (SSSR count). The van der Waals surface area contributed by atoms with Crippen molar-refractivity contribution in [2.75, 3.05) is 5.73 Å². The average Bonchev–Trinajstić information content (AvgIpc) is 2.31. The number of carboxylic acid groups (broad SMARTS) is 1. The molecule has 1 aromatic carbocycles. The van der Waals surface area contributed by atoms with Gasteiger partial charge < -0.3 is 10.8 Å². The summed E-state index contributed by atoms with van der Waals surface area (Å²) in [5, 5.41) is 9.74. The number of pyridine rings is 1. The van der Waals surface area contributed by atoms with Crippen LogP contribution in [0.15, 0.2) is 30.5 Å². The number of nitrogens with zero attached hydrogens (tertiary/aromatic N) is 1. The molecule has 19 heavy (non-hydrogen) atoms. The van der Waals surface area contributed by atoms with E-state index in [-0.39, 0.29) is 6.42 Å². The van der Waals surface area contributed by atoms with Gasteiger partial charge in [-0.05, 0) is 23.8 Å². The van der Waals surface area contributed by atoms with Crippen molar-refractivity contribution in [1.29, 1.82) is 0 Å². The summed E-state index contributed by atoms with van der Waals surface area (Å²) < 4.78 is 0. The highest BCUT2D eigenvalue weighted by Gasteiger charge is 2.11. The normalized spacial score (nSPS) is 10.4. The van der Waals surface area contributed by atoms with E-state index in [0.717, 1.165) is 0 Å². The van der Waals surface area contributed by atoms with Crippen LogP contribution in [0.1, 0.15) is 5.56 Å². The van der Waals surface area contributed by atoms with E-state index in [0.29, 0.717) is 32.6 Å². The first-order valence-electron chi connectivity index (χ1n) is 5.39. The molecule has 2 aromatic rings. The molecule has 3 N–H and O–H groups in total. The number of hydrogen-bond acceptors (Lipinski definition) is 3. The fourth-order valence-electron chi connectivity index (χ4n) is 1.71. The molecule has 0 amide bonds. The standard InChI is InChI=1S/C13H10Cl2N2O2/c14-8-1-2-9(11(15)5-8)10-3-7(4-12(18)19)6-17-13(10)16/h1-3,5-6H,4H2,(H2,16,17)(H,18,19). The van der Waals surface area contributed by atoms with Crippen molar-refractivity contribution < 1.29 is 9.90 Å². The number of rotatable bonds is 3. The third-order valence-corrected chi connectivity index (χ3v) is 3.10. The monoisotopic (exact) mass is 296 g/mol. The van der Waals surface area contributed by atoms with Crippen molar-refractivity contribution >= 4 is 35.0 Å². The number of hydrogen-bond donors (Lipinski definition) is 2. The highest BCUT2D eigenvalue weighted by atomic mass is 35.5. The van der Waals surface area contributed by atoms with E-state index in [1.807, 2.05) is 0 Å². The first-order valence-corrected chi connectivity index (χ1v) is 6.14. The Bertz CT molecular complexity index is 645. The predicted molar refractivity (Wildman–Crippen MR) is 75.4 cm³/mol. The third-order valence-electron chi connectivity index (χ3n) is 2.55. The Hall–Kier alpha value is -1.78. The van der Waals surface area contributed by atoms with Crippen LogP contribution in [-0.4, -0.2) is 16.1 Å². The molecule has 0 unspecified atom stereocenters. The van der Waals surface area contributed by atoms with Gasteiger partial charge >= 0.3 is 5.97 Å². The molecule has 4 nitrogen and oxygen atoms in total. The van der Waals surface area contributed by atoms with E-state index in [4.69, 9.17) is 34.0 Å². The van der Waals surface area contributed by atoms with Crippen molar-refractivity contribution in [3.8, 4) is 11.1 Å². The summed E-state index contributed by atoms with van der Waals surface area (Å²) in [4.78, 5) is 14.7. The van der Waals surface area contributed by atoms with Crippen molar-refractivity contribution in [1.82, 2.24) is 4.98 Å². The largest absolute Gasteiger partial charge is 0.481 e. The van der Waals surface area contributed by atoms with Crippen molar-refractivity contribution in [3.63, 3.8) is 0 Å². The van der Waals surface area contributed by atoms with Gasteiger partial charge in [-0.3, -0.25) is 4.79 Å². The summed E-state index contributed by atoms with van der Waals surface area (Å²) in [7, 11) is 0. The Morgan fingerprint density at radius 2 is 2.00 bits per heavy atom. The van der Waals surface area contributed by atoms with Crippen LogP contribution in [0.25, 0.3) is 11.1 Å². The lowest BCUT2D eigenvalue weighted by Gasteiger charge is -2.09. The fraction of sp³-hybridized carbons (Fsp3) is 0.0769. The Labute approximate surface area is 119 Å². The van der Waals surface area contributed by atoms with Crippen LogP contribution in [0, 0.1) is 0 Å². The molecule has 0 spiro atoms. The van der Waals surface area contributed by atoms with Crippen LogP contribution in [0.5, 0.6) is 0 Å². The predicted octanol–water partition coefficient (Wildman–Crippen LogP) is 3.26. The SMILES string of the molecule is Nc1ncc(CC(=O)O)cc1-c1ccc(Cl)cc1Cl. The molecule has 0 radical (unpaired) electrons. The van der Waals surface area contributed by atoms with Crippen molar-refractivity contribution in [3.05, 3.63) is 46.1 Å². The molecular formula is C13H10Cl2N2O2. The highest BCUT2D eigenvalue weighted by Crippen LogP contribution is 2.33. The van der Waals surface area contributed by atoms with Gasteiger partial charge in [0.25, 0.3) is 0 Å². The topological polar surface area (TPSA) is 76.2 Å². The Balaban J connectivity index is 2.51. The van der Waals surface area contributed by atoms with Crippen LogP contribution >= 0.6 is 23.2 Å². The lowest BCUT2D eigenvalue weighted by atomic mass is 10.0. The zero-order chi connectivity index (χ0) is 14.0. The van der Waals surface area contributed by atoms with Crippen LogP contribution in [0.2, 0.25) is 10.0 Å². The maximum Gasteiger partial charge on any atom is 0.307 e. The van der Waals surface area contributed by atoms with Gasteiger partial charge in [0.05, 0.1) is 11.4 Å². The van der Waals surface area contributed by atoms with Crippen molar-refractivity contribution in [2.24, 2.45) is 0 Å². The lowest BCUT2D eigenvalue weighted by Crippen LogP contribution is -2.03. The van der Waals surface area contributed by atoms with Crippen LogP contribution in [0.4, 0.5) is 5.82 Å². The molecule has 0 aliphatic heterocycles. The number of carbonyl (C=O) groups is 1. The molecule has 1 aromatic heterocycles. The summed E-state index contributed by atoms with van der Waals surface area (Å²) in [6.45, 7) is 0. The summed E-state index contributed by atoms with van der Waals surface area (Å²) in [6, 6.07) is 6.68. The van der Waals surface area contributed by atoms with Gasteiger partial charge in [0.1, 0.15) is 5.82 Å². The average molecular weight is 297 g/mol. The van der Waals surface area contributed by atoms with Crippen molar-refractivity contribution in [2.45, 2.75) is 6.42 Å². The van der Waals surface area contributed by atoms with Crippen LogP contribution < -0.4 is 5.73 Å². The van der Waals surface area contributed by atoms with E-state index >= 15 is 0 Å². The van der Waals surface area contributed by atoms with Gasteiger partial charge in [-0.2, -0.15) is 0 Å². The molecule has 0 bridgehead atoms. The number of halogens is 2. The quantitative estimate of drug-likeness (QED) is 0.911. The van der Waals surface area contributed by atoms with Gasteiger partial charge in [-0.15, -0.1) is 0 Å². The number of nitrogens with two attached hydrogens (primary N) is 1.